The van der Waals surface area contributed by atoms with Crippen LogP contribution in [0.25, 0.3) is 0 Å². The second kappa shape index (κ2) is 6.13. The molecule has 0 saturated heterocycles. The average molecular weight is 319 g/mol. The van der Waals surface area contributed by atoms with Crippen LogP contribution in [0.4, 0.5) is 0 Å². The smallest absolute Gasteiger partial charge is 0.341 e. The number of aromatic nitrogens is 2. The zero-order chi connectivity index (χ0) is 15.7. The number of carbonyl (C=O) groups excluding carboxylic acids is 1. The first-order chi connectivity index (χ1) is 10.6. The van der Waals surface area contributed by atoms with Crippen molar-refractivity contribution >= 4 is 17.6 Å². The van der Waals surface area contributed by atoms with Gasteiger partial charge in [-0.05, 0) is 44.2 Å². The lowest BCUT2D eigenvalue weighted by molar-refractivity contribution is 0.0484. The predicted octanol–water partition coefficient (Wildman–Crippen LogP) is 3.77. The molecule has 1 aromatic carbocycles. The molecular weight excluding hydrogens is 300 g/mol. The molecule has 0 bridgehead atoms. The van der Waals surface area contributed by atoms with Gasteiger partial charge in [-0.1, -0.05) is 29.8 Å². The van der Waals surface area contributed by atoms with E-state index < -0.39 is 0 Å². The number of aryl methyl sites for hydroxylation is 1. The number of rotatable bonds is 5. The Bertz CT molecular complexity index is 705. The third-order valence-electron chi connectivity index (χ3n) is 4.01. The van der Waals surface area contributed by atoms with Crippen LogP contribution in [-0.2, 0) is 11.3 Å². The van der Waals surface area contributed by atoms with E-state index in [0.717, 1.165) is 24.1 Å². The van der Waals surface area contributed by atoms with Gasteiger partial charge in [0.2, 0.25) is 0 Å². The van der Waals surface area contributed by atoms with Crippen LogP contribution in [0.2, 0.25) is 5.02 Å². The zero-order valence-electron chi connectivity index (χ0n) is 12.8. The second-order valence-corrected chi connectivity index (χ2v) is 6.24. The maximum Gasteiger partial charge on any atom is 0.341 e. The van der Waals surface area contributed by atoms with E-state index >= 15 is 0 Å². The lowest BCUT2D eigenvalue weighted by atomic mass is 10.2. The quantitative estimate of drug-likeness (QED) is 0.788. The van der Waals surface area contributed by atoms with Crippen LogP contribution >= 0.6 is 11.6 Å². The Labute approximate surface area is 135 Å². The van der Waals surface area contributed by atoms with Crippen molar-refractivity contribution in [2.45, 2.75) is 33.2 Å². The molecular formula is C17H19ClN2O2. The molecule has 1 heterocycles. The lowest BCUT2D eigenvalue weighted by Gasteiger charge is -2.07. The maximum atomic E-state index is 12.2. The molecule has 1 aromatic heterocycles. The van der Waals surface area contributed by atoms with Gasteiger partial charge in [0.05, 0.1) is 24.5 Å². The Balaban J connectivity index is 1.80. The van der Waals surface area contributed by atoms with E-state index in [2.05, 4.69) is 5.10 Å². The van der Waals surface area contributed by atoms with Gasteiger partial charge in [0.15, 0.2) is 0 Å². The summed E-state index contributed by atoms with van der Waals surface area (Å²) < 4.78 is 7.19. The lowest BCUT2D eigenvalue weighted by Crippen LogP contribution is -2.10. The van der Waals surface area contributed by atoms with Gasteiger partial charge in [-0.15, -0.1) is 0 Å². The van der Waals surface area contributed by atoms with Gasteiger partial charge in [0.1, 0.15) is 5.56 Å². The summed E-state index contributed by atoms with van der Waals surface area (Å²) in [6.45, 7) is 4.80. The molecule has 0 aliphatic heterocycles. The summed E-state index contributed by atoms with van der Waals surface area (Å²) in [7, 11) is 0. The number of halogens is 1. The highest BCUT2D eigenvalue weighted by atomic mass is 35.5. The molecule has 5 heteroatoms. The molecule has 0 radical (unpaired) electrons. The van der Waals surface area contributed by atoms with Crippen molar-refractivity contribution in [1.29, 1.82) is 0 Å². The summed E-state index contributed by atoms with van der Waals surface area (Å²) in [6.07, 6.45) is 2.33. The summed E-state index contributed by atoms with van der Waals surface area (Å²) in [5, 5.41) is 5.17. The fourth-order valence-electron chi connectivity index (χ4n) is 2.48. The monoisotopic (exact) mass is 318 g/mol. The van der Waals surface area contributed by atoms with E-state index in [1.807, 2.05) is 42.8 Å². The Morgan fingerprint density at radius 3 is 2.77 bits per heavy atom. The number of esters is 1. The molecule has 1 aliphatic rings. The first kappa shape index (κ1) is 15.1. The summed E-state index contributed by atoms with van der Waals surface area (Å²) >= 11 is 6.19. The SMILES string of the molecule is Cc1nn(Cc2ccccc2Cl)c(C)c1C(=O)OCC1CC1. The van der Waals surface area contributed by atoms with Gasteiger partial charge < -0.3 is 4.74 Å². The number of hydrogen-bond donors (Lipinski definition) is 0. The summed E-state index contributed by atoms with van der Waals surface area (Å²) in [6, 6.07) is 7.66. The molecule has 22 heavy (non-hydrogen) atoms. The number of hydrogen-bond acceptors (Lipinski definition) is 3. The van der Waals surface area contributed by atoms with Gasteiger partial charge in [-0.2, -0.15) is 5.10 Å². The van der Waals surface area contributed by atoms with Crippen molar-refractivity contribution in [3.05, 3.63) is 51.8 Å². The fourth-order valence-corrected chi connectivity index (χ4v) is 2.68. The Kier molecular flexibility index (Phi) is 4.21. The van der Waals surface area contributed by atoms with E-state index in [1.165, 1.54) is 0 Å². The van der Waals surface area contributed by atoms with Crippen LogP contribution in [0.5, 0.6) is 0 Å². The molecule has 1 saturated carbocycles. The Morgan fingerprint density at radius 1 is 1.36 bits per heavy atom. The largest absolute Gasteiger partial charge is 0.462 e. The van der Waals surface area contributed by atoms with Crippen molar-refractivity contribution in [2.24, 2.45) is 5.92 Å². The number of benzene rings is 1. The molecule has 4 nitrogen and oxygen atoms in total. The summed E-state index contributed by atoms with van der Waals surface area (Å²) in [5.41, 5.74) is 3.07. The molecule has 0 unspecified atom stereocenters. The molecule has 0 amide bonds. The van der Waals surface area contributed by atoms with E-state index in [9.17, 15) is 4.79 Å². The van der Waals surface area contributed by atoms with Crippen LogP contribution in [0.1, 0.15) is 40.2 Å². The fraction of sp³-hybridized carbons (Fsp3) is 0.412. The van der Waals surface area contributed by atoms with Gasteiger partial charge in [-0.25, -0.2) is 4.79 Å². The van der Waals surface area contributed by atoms with E-state index in [-0.39, 0.29) is 5.97 Å². The number of ether oxygens (including phenoxy) is 1. The molecule has 0 N–H and O–H groups in total. The van der Waals surface area contributed by atoms with Crippen LogP contribution in [-0.4, -0.2) is 22.4 Å². The minimum absolute atomic E-state index is 0.271. The van der Waals surface area contributed by atoms with Crippen LogP contribution in [0.3, 0.4) is 0 Å². The third-order valence-corrected chi connectivity index (χ3v) is 4.38. The van der Waals surface area contributed by atoms with Crippen LogP contribution in [0, 0.1) is 19.8 Å². The van der Waals surface area contributed by atoms with E-state index in [1.54, 1.807) is 0 Å². The average Bonchev–Trinajstić information content (AvgIpc) is 3.26. The normalized spacial score (nSPS) is 14.1. The summed E-state index contributed by atoms with van der Waals surface area (Å²) in [5.74, 6) is 0.287. The number of carbonyl (C=O) groups is 1. The van der Waals surface area contributed by atoms with Gasteiger partial charge in [0.25, 0.3) is 0 Å². The highest BCUT2D eigenvalue weighted by Gasteiger charge is 2.26. The van der Waals surface area contributed by atoms with Crippen molar-refractivity contribution in [1.82, 2.24) is 9.78 Å². The zero-order valence-corrected chi connectivity index (χ0v) is 13.6. The molecule has 0 spiro atoms. The molecule has 2 aromatic rings. The first-order valence-corrected chi connectivity index (χ1v) is 7.88. The van der Waals surface area contributed by atoms with Crippen LogP contribution in [0.15, 0.2) is 24.3 Å². The Hall–Kier alpha value is -1.81. The van der Waals surface area contributed by atoms with Gasteiger partial charge in [-0.3, -0.25) is 4.68 Å². The summed E-state index contributed by atoms with van der Waals surface area (Å²) in [4.78, 5) is 12.2. The maximum absolute atomic E-state index is 12.2. The van der Waals surface area contributed by atoms with Crippen molar-refractivity contribution in [2.75, 3.05) is 6.61 Å². The number of nitrogens with zero attached hydrogens (tertiary/aromatic N) is 2. The minimum Gasteiger partial charge on any atom is -0.462 e. The topological polar surface area (TPSA) is 44.1 Å². The van der Waals surface area contributed by atoms with E-state index in [4.69, 9.17) is 16.3 Å². The third kappa shape index (κ3) is 3.17. The van der Waals surface area contributed by atoms with E-state index in [0.29, 0.717) is 35.3 Å². The molecule has 1 aliphatic carbocycles. The minimum atomic E-state index is -0.271. The molecule has 0 atom stereocenters. The van der Waals surface area contributed by atoms with Crippen molar-refractivity contribution in [3.63, 3.8) is 0 Å². The highest BCUT2D eigenvalue weighted by molar-refractivity contribution is 6.31. The van der Waals surface area contributed by atoms with Crippen molar-refractivity contribution in [3.8, 4) is 0 Å². The second-order valence-electron chi connectivity index (χ2n) is 5.84. The standard InChI is InChI=1S/C17H19ClN2O2/c1-11-16(17(21)22-10-13-7-8-13)12(2)20(19-11)9-14-5-3-4-6-15(14)18/h3-6,13H,7-10H2,1-2H3. The predicted molar refractivity (Wildman–Crippen MR) is 85.3 cm³/mol. The van der Waals surface area contributed by atoms with Crippen LogP contribution < -0.4 is 0 Å². The molecule has 1 fully saturated rings. The van der Waals surface area contributed by atoms with Crippen molar-refractivity contribution < 1.29 is 9.53 Å². The molecule has 116 valence electrons. The highest BCUT2D eigenvalue weighted by Crippen LogP contribution is 2.29. The van der Waals surface area contributed by atoms with Gasteiger partial charge >= 0.3 is 5.97 Å². The van der Waals surface area contributed by atoms with Gasteiger partial charge in [0, 0.05) is 5.02 Å². The Morgan fingerprint density at radius 2 is 2.09 bits per heavy atom. The first-order valence-electron chi connectivity index (χ1n) is 7.50. The molecule has 3 rings (SSSR count).